The summed E-state index contributed by atoms with van der Waals surface area (Å²) in [5, 5.41) is 2.43. The first-order valence-corrected chi connectivity index (χ1v) is 24.9. The first kappa shape index (κ1) is 42.8. The second kappa shape index (κ2) is 18.2. The molecule has 0 saturated heterocycles. The first-order valence-electron chi connectivity index (χ1n) is 24.9. The molecule has 0 amide bonds. The Hall–Kier alpha value is -9.30. The molecule has 0 bridgehead atoms. The van der Waals surface area contributed by atoms with Crippen LogP contribution in [0.3, 0.4) is 0 Å². The van der Waals surface area contributed by atoms with Crippen molar-refractivity contribution in [2.75, 3.05) is 4.90 Å². The number of hydrogen-bond acceptors (Lipinski definition) is 1. The van der Waals surface area contributed by atoms with E-state index in [2.05, 4.69) is 302 Å². The molecule has 13 rings (SSSR count). The molecule has 338 valence electrons. The SMILES string of the molecule is c1ccc(-c2ccccc2-c2ccccc2-c2ccccc2N(c2ccc3c(c2)C(c2ccccc2)(c2ccccc2)c2ccccc2-3)c2ccccc2-c2cccc3cccc(-c4ccccc4)c23)cc1. The van der Waals surface area contributed by atoms with Crippen LogP contribution in [0.15, 0.2) is 297 Å². The Morgan fingerprint density at radius 1 is 0.236 bits per heavy atom. The van der Waals surface area contributed by atoms with Crippen LogP contribution in [0.4, 0.5) is 17.1 Å². The normalized spacial score (nSPS) is 12.3. The molecule has 0 heterocycles. The molecular formula is C71H49N. The van der Waals surface area contributed by atoms with E-state index in [1.807, 2.05) is 0 Å². The van der Waals surface area contributed by atoms with E-state index in [0.717, 1.165) is 33.8 Å². The van der Waals surface area contributed by atoms with Crippen molar-refractivity contribution in [3.8, 4) is 66.8 Å². The van der Waals surface area contributed by atoms with E-state index in [1.54, 1.807) is 0 Å². The minimum Gasteiger partial charge on any atom is -0.309 e. The van der Waals surface area contributed by atoms with Crippen molar-refractivity contribution < 1.29 is 0 Å². The van der Waals surface area contributed by atoms with E-state index in [0.29, 0.717) is 0 Å². The zero-order valence-corrected chi connectivity index (χ0v) is 39.7. The van der Waals surface area contributed by atoms with Crippen LogP contribution in [0.25, 0.3) is 77.5 Å². The Labute approximate surface area is 422 Å². The number of nitrogens with zero attached hydrogens (tertiary/aromatic N) is 1. The van der Waals surface area contributed by atoms with Crippen molar-refractivity contribution in [3.63, 3.8) is 0 Å². The summed E-state index contributed by atoms with van der Waals surface area (Å²) in [6.45, 7) is 0. The summed E-state index contributed by atoms with van der Waals surface area (Å²) in [6, 6.07) is 109. The fourth-order valence-corrected chi connectivity index (χ4v) is 11.7. The number of fused-ring (bicyclic) bond motifs is 4. The number of benzene rings is 12. The number of rotatable bonds is 10. The number of hydrogen-bond donors (Lipinski definition) is 0. The largest absolute Gasteiger partial charge is 0.309 e. The van der Waals surface area contributed by atoms with Crippen molar-refractivity contribution in [2.45, 2.75) is 5.41 Å². The lowest BCUT2D eigenvalue weighted by Gasteiger charge is -2.35. The summed E-state index contributed by atoms with van der Waals surface area (Å²) in [5.41, 5.74) is 22.0. The van der Waals surface area contributed by atoms with Gasteiger partial charge in [0.25, 0.3) is 0 Å². The lowest BCUT2D eigenvalue weighted by Crippen LogP contribution is -2.28. The lowest BCUT2D eigenvalue weighted by molar-refractivity contribution is 0.768. The summed E-state index contributed by atoms with van der Waals surface area (Å²) in [5.74, 6) is 0. The summed E-state index contributed by atoms with van der Waals surface area (Å²) < 4.78 is 0. The molecule has 0 aromatic heterocycles. The monoisotopic (exact) mass is 915 g/mol. The second-order valence-electron chi connectivity index (χ2n) is 18.7. The van der Waals surface area contributed by atoms with Crippen molar-refractivity contribution >= 4 is 27.8 Å². The minimum absolute atomic E-state index is 0.580. The predicted molar refractivity (Wildman–Crippen MR) is 303 cm³/mol. The van der Waals surface area contributed by atoms with Crippen LogP contribution < -0.4 is 4.90 Å². The third-order valence-corrected chi connectivity index (χ3v) is 14.8. The highest BCUT2D eigenvalue weighted by Gasteiger charge is 2.46. The summed E-state index contributed by atoms with van der Waals surface area (Å²) in [7, 11) is 0. The Morgan fingerprint density at radius 2 is 0.625 bits per heavy atom. The van der Waals surface area contributed by atoms with Crippen molar-refractivity contribution in [1.82, 2.24) is 0 Å². The summed E-state index contributed by atoms with van der Waals surface area (Å²) in [4.78, 5) is 2.54. The zero-order valence-electron chi connectivity index (χ0n) is 39.7. The van der Waals surface area contributed by atoms with Gasteiger partial charge >= 0.3 is 0 Å². The van der Waals surface area contributed by atoms with Crippen LogP contribution in [0, 0.1) is 0 Å². The van der Waals surface area contributed by atoms with Crippen LogP contribution in [0.2, 0.25) is 0 Å². The van der Waals surface area contributed by atoms with E-state index in [1.165, 1.54) is 83.1 Å². The molecule has 0 N–H and O–H groups in total. The molecule has 1 aliphatic rings. The first-order chi connectivity index (χ1) is 35.8. The maximum absolute atomic E-state index is 2.54. The van der Waals surface area contributed by atoms with Crippen LogP contribution >= 0.6 is 0 Å². The molecule has 72 heavy (non-hydrogen) atoms. The van der Waals surface area contributed by atoms with Crippen LogP contribution in [-0.4, -0.2) is 0 Å². The van der Waals surface area contributed by atoms with Crippen LogP contribution in [0.5, 0.6) is 0 Å². The molecule has 0 aliphatic heterocycles. The third kappa shape index (κ3) is 7.09. The molecule has 0 saturated carbocycles. The molecular weight excluding hydrogens is 867 g/mol. The molecule has 1 aliphatic carbocycles. The minimum atomic E-state index is -0.580. The van der Waals surface area contributed by atoms with Gasteiger partial charge in [0.15, 0.2) is 0 Å². The fourth-order valence-electron chi connectivity index (χ4n) is 11.7. The van der Waals surface area contributed by atoms with Crippen molar-refractivity contribution in [3.05, 3.63) is 320 Å². The Kier molecular flexibility index (Phi) is 10.8. The van der Waals surface area contributed by atoms with Gasteiger partial charge in [-0.3, -0.25) is 0 Å². The highest BCUT2D eigenvalue weighted by Crippen LogP contribution is 2.58. The van der Waals surface area contributed by atoms with Crippen molar-refractivity contribution in [2.24, 2.45) is 0 Å². The highest BCUT2D eigenvalue weighted by atomic mass is 15.1. The predicted octanol–water partition coefficient (Wildman–Crippen LogP) is 19.0. The average molecular weight is 916 g/mol. The van der Waals surface area contributed by atoms with Gasteiger partial charge in [-0.05, 0) is 113 Å². The Balaban J connectivity index is 1.11. The van der Waals surface area contributed by atoms with Crippen LogP contribution in [-0.2, 0) is 5.41 Å². The van der Waals surface area contributed by atoms with E-state index in [-0.39, 0.29) is 0 Å². The molecule has 12 aromatic rings. The standard InChI is InChI=1S/C71H49N/c1-5-25-50(26-6-1)56-35-13-14-36-58(56)59-37-15-16-38-60(59)63-40-18-21-45-68(63)72(69-46-22-19-41-64(69)65-43-24-30-52-29-23-42-57(70(52)65)51-27-7-2-8-28-51)55-47-48-62-61-39-17-20-44-66(61)71(67(62)49-55,53-31-9-3-10-32-53)54-33-11-4-12-34-54/h1-49H. The van der Waals surface area contributed by atoms with Gasteiger partial charge in [0, 0.05) is 16.8 Å². The maximum Gasteiger partial charge on any atom is 0.0714 e. The topological polar surface area (TPSA) is 3.24 Å². The molecule has 0 fully saturated rings. The highest BCUT2D eigenvalue weighted by molar-refractivity contribution is 6.09. The van der Waals surface area contributed by atoms with E-state index >= 15 is 0 Å². The van der Waals surface area contributed by atoms with E-state index in [4.69, 9.17) is 0 Å². The number of anilines is 3. The molecule has 1 nitrogen and oxygen atoms in total. The zero-order chi connectivity index (χ0) is 47.8. The molecule has 0 spiro atoms. The maximum atomic E-state index is 2.54. The fraction of sp³-hybridized carbons (Fsp3) is 0.0141. The second-order valence-corrected chi connectivity index (χ2v) is 18.7. The van der Waals surface area contributed by atoms with Gasteiger partial charge in [0.2, 0.25) is 0 Å². The van der Waals surface area contributed by atoms with Gasteiger partial charge in [0.05, 0.1) is 16.8 Å². The van der Waals surface area contributed by atoms with Crippen LogP contribution in [0.1, 0.15) is 22.3 Å². The smallest absolute Gasteiger partial charge is 0.0714 e. The Morgan fingerprint density at radius 3 is 1.21 bits per heavy atom. The Bertz CT molecular complexity index is 3870. The molecule has 0 unspecified atom stereocenters. The third-order valence-electron chi connectivity index (χ3n) is 14.8. The van der Waals surface area contributed by atoms with E-state index < -0.39 is 5.41 Å². The van der Waals surface area contributed by atoms with Crippen molar-refractivity contribution in [1.29, 1.82) is 0 Å². The summed E-state index contributed by atoms with van der Waals surface area (Å²) in [6.07, 6.45) is 0. The summed E-state index contributed by atoms with van der Waals surface area (Å²) >= 11 is 0. The van der Waals surface area contributed by atoms with Gasteiger partial charge in [-0.1, -0.05) is 273 Å². The average Bonchev–Trinajstić information content (AvgIpc) is 3.76. The van der Waals surface area contributed by atoms with Gasteiger partial charge in [-0.2, -0.15) is 0 Å². The lowest BCUT2D eigenvalue weighted by atomic mass is 9.67. The van der Waals surface area contributed by atoms with Gasteiger partial charge in [0.1, 0.15) is 0 Å². The molecule has 1 heteroatoms. The van der Waals surface area contributed by atoms with Gasteiger partial charge in [-0.15, -0.1) is 0 Å². The molecule has 0 radical (unpaired) electrons. The molecule has 0 atom stereocenters. The van der Waals surface area contributed by atoms with Gasteiger partial charge in [-0.25, -0.2) is 0 Å². The quantitative estimate of drug-likeness (QED) is 0.132. The number of para-hydroxylation sites is 2. The van der Waals surface area contributed by atoms with E-state index in [9.17, 15) is 0 Å². The van der Waals surface area contributed by atoms with Gasteiger partial charge < -0.3 is 4.90 Å². The molecule has 12 aromatic carbocycles.